The number of hydrazine groups is 1. The van der Waals surface area contributed by atoms with Gasteiger partial charge in [-0.1, -0.05) is 6.07 Å². The van der Waals surface area contributed by atoms with Crippen LogP contribution in [0.1, 0.15) is 5.56 Å². The van der Waals surface area contributed by atoms with Crippen LogP contribution in [0.25, 0.3) is 0 Å². The summed E-state index contributed by atoms with van der Waals surface area (Å²) in [6.45, 7) is 0. The number of aliphatic carboxylic acids is 1. The Morgan fingerprint density at radius 1 is 1.41 bits per heavy atom. The molecule has 6 nitrogen and oxygen atoms in total. The molecule has 1 aromatic carbocycles. The number of ether oxygens (including phenoxy) is 2. The fourth-order valence-electron chi connectivity index (χ4n) is 1.46. The van der Waals surface area contributed by atoms with Crippen molar-refractivity contribution in [1.29, 1.82) is 0 Å². The second-order valence-corrected chi connectivity index (χ2v) is 3.45. The molecule has 0 aliphatic rings. The van der Waals surface area contributed by atoms with Crippen molar-refractivity contribution < 1.29 is 19.4 Å². The molecule has 6 heteroatoms. The molecule has 1 unspecified atom stereocenters. The van der Waals surface area contributed by atoms with Crippen LogP contribution in [0, 0.1) is 0 Å². The van der Waals surface area contributed by atoms with Gasteiger partial charge in [0.1, 0.15) is 6.04 Å². The smallest absolute Gasteiger partial charge is 0.322 e. The highest BCUT2D eigenvalue weighted by molar-refractivity contribution is 5.73. The summed E-state index contributed by atoms with van der Waals surface area (Å²) in [6, 6.07) is 4.40. The van der Waals surface area contributed by atoms with Crippen molar-refractivity contribution in [2.75, 3.05) is 14.2 Å². The molecule has 0 aliphatic heterocycles. The lowest BCUT2D eigenvalue weighted by Crippen LogP contribution is -2.42. The Balaban J connectivity index is 2.88. The van der Waals surface area contributed by atoms with Crippen LogP contribution < -0.4 is 20.7 Å². The minimum absolute atomic E-state index is 0.270. The van der Waals surface area contributed by atoms with Crippen LogP contribution >= 0.6 is 0 Å². The molecule has 0 saturated carbocycles. The van der Waals surface area contributed by atoms with Gasteiger partial charge in [-0.15, -0.1) is 0 Å². The highest BCUT2D eigenvalue weighted by Crippen LogP contribution is 2.27. The van der Waals surface area contributed by atoms with E-state index in [2.05, 4.69) is 5.43 Å². The molecule has 17 heavy (non-hydrogen) atoms. The third-order valence-corrected chi connectivity index (χ3v) is 2.39. The Kier molecular flexibility index (Phi) is 4.74. The molecule has 1 rings (SSSR count). The summed E-state index contributed by atoms with van der Waals surface area (Å²) in [6.07, 6.45) is 0.270. The highest BCUT2D eigenvalue weighted by atomic mass is 16.5. The minimum atomic E-state index is -0.998. The third-order valence-electron chi connectivity index (χ3n) is 2.39. The molecule has 1 aromatic rings. The van der Waals surface area contributed by atoms with Crippen molar-refractivity contribution in [2.45, 2.75) is 12.5 Å². The maximum atomic E-state index is 10.8. The molecular weight excluding hydrogens is 224 g/mol. The Hall–Kier alpha value is -1.79. The van der Waals surface area contributed by atoms with Gasteiger partial charge in [0, 0.05) is 0 Å². The van der Waals surface area contributed by atoms with E-state index >= 15 is 0 Å². The van der Waals surface area contributed by atoms with Gasteiger partial charge in [0.05, 0.1) is 14.2 Å². The molecule has 94 valence electrons. The van der Waals surface area contributed by atoms with Crippen LogP contribution in [0.3, 0.4) is 0 Å². The number of hydrogen-bond acceptors (Lipinski definition) is 5. The average molecular weight is 240 g/mol. The number of nitrogens with two attached hydrogens (primary N) is 1. The van der Waals surface area contributed by atoms with Gasteiger partial charge in [-0.3, -0.25) is 10.6 Å². The van der Waals surface area contributed by atoms with Gasteiger partial charge in [-0.25, -0.2) is 5.43 Å². The first-order valence-electron chi connectivity index (χ1n) is 5.02. The number of carboxylic acids is 1. The molecule has 0 aromatic heterocycles. The van der Waals surface area contributed by atoms with Crippen molar-refractivity contribution in [3.8, 4) is 11.5 Å². The van der Waals surface area contributed by atoms with E-state index in [1.54, 1.807) is 25.3 Å². The van der Waals surface area contributed by atoms with E-state index in [9.17, 15) is 4.79 Å². The van der Waals surface area contributed by atoms with E-state index in [-0.39, 0.29) is 6.42 Å². The molecule has 0 bridgehead atoms. The number of carbonyl (C=O) groups is 1. The molecule has 1 atom stereocenters. The Labute approximate surface area is 99.3 Å². The number of carboxylic acid groups (broad SMARTS) is 1. The van der Waals surface area contributed by atoms with E-state index < -0.39 is 12.0 Å². The number of benzene rings is 1. The van der Waals surface area contributed by atoms with Crippen LogP contribution in [0.15, 0.2) is 18.2 Å². The fraction of sp³-hybridized carbons (Fsp3) is 0.364. The fourth-order valence-corrected chi connectivity index (χ4v) is 1.46. The lowest BCUT2D eigenvalue weighted by Gasteiger charge is -2.13. The predicted molar refractivity (Wildman–Crippen MR) is 62.0 cm³/mol. The number of methoxy groups -OCH3 is 2. The lowest BCUT2D eigenvalue weighted by molar-refractivity contribution is -0.139. The molecule has 0 radical (unpaired) electrons. The molecule has 0 fully saturated rings. The largest absolute Gasteiger partial charge is 0.493 e. The highest BCUT2D eigenvalue weighted by Gasteiger charge is 2.16. The summed E-state index contributed by atoms with van der Waals surface area (Å²) in [4.78, 5) is 10.8. The first-order chi connectivity index (χ1) is 8.12. The van der Waals surface area contributed by atoms with Gasteiger partial charge < -0.3 is 14.6 Å². The summed E-state index contributed by atoms with van der Waals surface area (Å²) in [5.41, 5.74) is 3.04. The summed E-state index contributed by atoms with van der Waals surface area (Å²) in [5, 5.41) is 8.86. The number of rotatable bonds is 6. The van der Waals surface area contributed by atoms with E-state index in [1.807, 2.05) is 0 Å². The van der Waals surface area contributed by atoms with Crippen molar-refractivity contribution in [3.05, 3.63) is 23.8 Å². The summed E-state index contributed by atoms with van der Waals surface area (Å²) < 4.78 is 10.2. The van der Waals surface area contributed by atoms with Gasteiger partial charge in [0.15, 0.2) is 11.5 Å². The van der Waals surface area contributed by atoms with Gasteiger partial charge in [0.25, 0.3) is 0 Å². The van der Waals surface area contributed by atoms with Crippen LogP contribution in [0.2, 0.25) is 0 Å². The van der Waals surface area contributed by atoms with Crippen LogP contribution in [0.4, 0.5) is 0 Å². The first kappa shape index (κ1) is 13.3. The predicted octanol–water partition coefficient (Wildman–Crippen LogP) is 0.163. The Morgan fingerprint density at radius 3 is 2.53 bits per heavy atom. The third kappa shape index (κ3) is 3.33. The summed E-state index contributed by atoms with van der Waals surface area (Å²) in [7, 11) is 3.07. The molecule has 0 heterocycles. The van der Waals surface area contributed by atoms with Gasteiger partial charge in [0.2, 0.25) is 0 Å². The molecule has 0 amide bonds. The van der Waals surface area contributed by atoms with Crippen LogP contribution in [-0.4, -0.2) is 31.3 Å². The Bertz CT molecular complexity index is 395. The van der Waals surface area contributed by atoms with E-state index in [0.717, 1.165) is 5.56 Å². The van der Waals surface area contributed by atoms with Gasteiger partial charge in [-0.05, 0) is 24.1 Å². The average Bonchev–Trinajstić information content (AvgIpc) is 2.35. The van der Waals surface area contributed by atoms with Crippen LogP contribution in [-0.2, 0) is 11.2 Å². The SMILES string of the molecule is COc1ccc(CC(NN)C(=O)O)cc1OC. The van der Waals surface area contributed by atoms with Crippen molar-refractivity contribution in [3.63, 3.8) is 0 Å². The monoisotopic (exact) mass is 240 g/mol. The Morgan fingerprint density at radius 2 is 2.06 bits per heavy atom. The second-order valence-electron chi connectivity index (χ2n) is 3.45. The van der Waals surface area contributed by atoms with Crippen molar-refractivity contribution in [2.24, 2.45) is 5.84 Å². The summed E-state index contributed by atoms with van der Waals surface area (Å²) in [5.74, 6) is 5.33. The van der Waals surface area contributed by atoms with Gasteiger partial charge >= 0.3 is 5.97 Å². The van der Waals surface area contributed by atoms with Gasteiger partial charge in [-0.2, -0.15) is 0 Å². The maximum absolute atomic E-state index is 10.8. The van der Waals surface area contributed by atoms with E-state index in [4.69, 9.17) is 20.4 Å². The van der Waals surface area contributed by atoms with Crippen molar-refractivity contribution >= 4 is 5.97 Å². The number of hydrogen-bond donors (Lipinski definition) is 3. The topological polar surface area (TPSA) is 93.8 Å². The normalized spacial score (nSPS) is 11.9. The standard InChI is InChI=1S/C11H16N2O4/c1-16-9-4-3-7(6-10(9)17-2)5-8(13-12)11(14)15/h3-4,6,8,13H,5,12H2,1-2H3,(H,14,15). The summed E-state index contributed by atoms with van der Waals surface area (Å²) >= 11 is 0. The minimum Gasteiger partial charge on any atom is -0.493 e. The second kappa shape index (κ2) is 6.07. The molecular formula is C11H16N2O4. The first-order valence-corrected chi connectivity index (χ1v) is 5.02. The zero-order chi connectivity index (χ0) is 12.8. The van der Waals surface area contributed by atoms with Crippen LogP contribution in [0.5, 0.6) is 11.5 Å². The maximum Gasteiger partial charge on any atom is 0.322 e. The van der Waals surface area contributed by atoms with E-state index in [0.29, 0.717) is 11.5 Å². The zero-order valence-electron chi connectivity index (χ0n) is 9.77. The zero-order valence-corrected chi connectivity index (χ0v) is 9.77. The molecule has 0 saturated heterocycles. The lowest BCUT2D eigenvalue weighted by atomic mass is 10.1. The molecule has 4 N–H and O–H groups in total. The molecule has 0 aliphatic carbocycles. The van der Waals surface area contributed by atoms with E-state index in [1.165, 1.54) is 7.11 Å². The molecule has 0 spiro atoms. The quantitative estimate of drug-likeness (QED) is 0.484. The van der Waals surface area contributed by atoms with Crippen molar-refractivity contribution in [1.82, 2.24) is 5.43 Å². The number of nitrogens with one attached hydrogen (secondary N) is 1.